The third-order valence-electron chi connectivity index (χ3n) is 5.94. The molecule has 0 radical (unpaired) electrons. The fraction of sp³-hybridized carbons (Fsp3) is 1.00. The van der Waals surface area contributed by atoms with E-state index in [1.165, 1.54) is 38.5 Å². The predicted octanol–water partition coefficient (Wildman–Crippen LogP) is 7.04. The molecule has 0 aromatic carbocycles. The molecular formula is C19H42. The van der Waals surface area contributed by atoms with Gasteiger partial charge in [0.25, 0.3) is 0 Å². The Morgan fingerprint density at radius 2 is 0.789 bits per heavy atom. The summed E-state index contributed by atoms with van der Waals surface area (Å²) < 4.78 is 0. The molecule has 2 saturated carbocycles. The molecule has 0 saturated heterocycles. The first-order valence-electron chi connectivity index (χ1n) is 7.58. The molecule has 0 nitrogen and oxygen atoms in total. The van der Waals surface area contributed by atoms with Crippen molar-refractivity contribution in [3.05, 3.63) is 0 Å². The van der Waals surface area contributed by atoms with Crippen molar-refractivity contribution in [2.45, 2.75) is 88.5 Å². The van der Waals surface area contributed by atoms with Crippen LogP contribution >= 0.6 is 0 Å². The van der Waals surface area contributed by atoms with Crippen LogP contribution in [-0.4, -0.2) is 0 Å². The van der Waals surface area contributed by atoms with E-state index in [1.807, 2.05) is 0 Å². The summed E-state index contributed by atoms with van der Waals surface area (Å²) in [6.45, 7) is 9.86. The highest BCUT2D eigenvalue weighted by Gasteiger charge is 2.33. The third-order valence-corrected chi connectivity index (χ3v) is 5.94. The lowest BCUT2D eigenvalue weighted by molar-refractivity contribution is 0.0956. The molecule has 0 aromatic rings. The highest BCUT2D eigenvalue weighted by atomic mass is 14.4. The lowest BCUT2D eigenvalue weighted by atomic mass is 9.64. The lowest BCUT2D eigenvalue weighted by Gasteiger charge is -2.41. The molecule has 0 spiro atoms. The summed E-state index contributed by atoms with van der Waals surface area (Å²) in [5.74, 6) is 6.07. The summed E-state index contributed by atoms with van der Waals surface area (Å²) in [6, 6.07) is 0. The van der Waals surface area contributed by atoms with Crippen molar-refractivity contribution >= 4 is 0 Å². The minimum absolute atomic E-state index is 0. The van der Waals surface area contributed by atoms with Crippen LogP contribution in [0.1, 0.15) is 88.5 Å². The molecule has 2 fully saturated rings. The fourth-order valence-corrected chi connectivity index (χ4v) is 4.03. The van der Waals surface area contributed by atoms with E-state index >= 15 is 0 Å². The molecule has 2 aliphatic rings. The Labute approximate surface area is 124 Å². The van der Waals surface area contributed by atoms with Crippen LogP contribution < -0.4 is 0 Å². The van der Waals surface area contributed by atoms with Gasteiger partial charge in [0.05, 0.1) is 0 Å². The second-order valence-electron chi connectivity index (χ2n) is 7.06. The van der Waals surface area contributed by atoms with E-state index in [-0.39, 0.29) is 22.3 Å². The van der Waals surface area contributed by atoms with Crippen molar-refractivity contribution in [2.24, 2.45) is 35.5 Å². The molecule has 0 aliphatic heterocycles. The van der Waals surface area contributed by atoms with Gasteiger partial charge in [0.15, 0.2) is 0 Å². The molecule has 0 heteroatoms. The first kappa shape index (κ1) is 21.3. The van der Waals surface area contributed by atoms with Gasteiger partial charge in [-0.05, 0) is 61.2 Å². The summed E-state index contributed by atoms with van der Waals surface area (Å²) in [7, 11) is 0. The second kappa shape index (κ2) is 9.03. The zero-order chi connectivity index (χ0) is 11.7. The predicted molar refractivity (Wildman–Crippen MR) is 91.5 cm³/mol. The van der Waals surface area contributed by atoms with Gasteiger partial charge in [-0.3, -0.25) is 0 Å². The van der Waals surface area contributed by atoms with Gasteiger partial charge in [-0.15, -0.1) is 0 Å². The molecule has 2 aliphatic carbocycles. The fourth-order valence-electron chi connectivity index (χ4n) is 4.03. The highest BCUT2D eigenvalue weighted by Crippen LogP contribution is 2.44. The van der Waals surface area contributed by atoms with Gasteiger partial charge in [-0.25, -0.2) is 0 Å². The van der Waals surface area contributed by atoms with Crippen molar-refractivity contribution in [1.29, 1.82) is 0 Å². The SMILES string of the molecule is C.C.C.CC1CCC(C2CCC(C)C(C)C2)CC1C. The summed E-state index contributed by atoms with van der Waals surface area (Å²) in [4.78, 5) is 0. The van der Waals surface area contributed by atoms with Crippen molar-refractivity contribution in [2.75, 3.05) is 0 Å². The maximum Gasteiger partial charge on any atom is -0.0383 e. The standard InChI is InChI=1S/C16H30.3CH4/c1-11-5-7-15(9-13(11)3)16-8-6-12(2)14(4)10-16;;;/h11-16H,5-10H2,1-4H3;3*1H4. The Morgan fingerprint density at radius 1 is 0.474 bits per heavy atom. The lowest BCUT2D eigenvalue weighted by Crippen LogP contribution is -2.31. The maximum atomic E-state index is 2.48. The first-order chi connectivity index (χ1) is 7.58. The molecule has 2 rings (SSSR count). The number of hydrogen-bond donors (Lipinski definition) is 0. The molecule has 19 heavy (non-hydrogen) atoms. The molecular weight excluding hydrogens is 228 g/mol. The van der Waals surface area contributed by atoms with E-state index in [1.54, 1.807) is 0 Å². The molecule has 0 heterocycles. The Hall–Kier alpha value is 0. The van der Waals surface area contributed by atoms with Crippen molar-refractivity contribution < 1.29 is 0 Å². The van der Waals surface area contributed by atoms with Crippen LogP contribution in [0.3, 0.4) is 0 Å². The van der Waals surface area contributed by atoms with E-state index in [0.717, 1.165) is 35.5 Å². The van der Waals surface area contributed by atoms with Gasteiger partial charge < -0.3 is 0 Å². The monoisotopic (exact) mass is 270 g/mol. The van der Waals surface area contributed by atoms with Gasteiger partial charge >= 0.3 is 0 Å². The topological polar surface area (TPSA) is 0 Å². The van der Waals surface area contributed by atoms with Gasteiger partial charge in [-0.2, -0.15) is 0 Å². The summed E-state index contributed by atoms with van der Waals surface area (Å²) in [6.07, 6.45) is 9.08. The van der Waals surface area contributed by atoms with Gasteiger partial charge in [0.1, 0.15) is 0 Å². The largest absolute Gasteiger partial charge is 0.0776 e. The van der Waals surface area contributed by atoms with Crippen LogP contribution in [0.4, 0.5) is 0 Å². The number of hydrogen-bond acceptors (Lipinski definition) is 0. The third kappa shape index (κ3) is 5.12. The van der Waals surface area contributed by atoms with E-state index < -0.39 is 0 Å². The Balaban J connectivity index is 0. The van der Waals surface area contributed by atoms with Crippen molar-refractivity contribution in [3.63, 3.8) is 0 Å². The molecule has 0 N–H and O–H groups in total. The zero-order valence-electron chi connectivity index (χ0n) is 11.7. The smallest absolute Gasteiger partial charge is 0.0383 e. The van der Waals surface area contributed by atoms with E-state index in [4.69, 9.17) is 0 Å². The second-order valence-corrected chi connectivity index (χ2v) is 7.06. The normalized spacial score (nSPS) is 42.3. The Kier molecular flexibility index (Phi) is 10.1. The maximum absolute atomic E-state index is 2.48. The van der Waals surface area contributed by atoms with Crippen LogP contribution in [0, 0.1) is 35.5 Å². The first-order valence-corrected chi connectivity index (χ1v) is 7.58. The van der Waals surface area contributed by atoms with Gasteiger partial charge in [-0.1, -0.05) is 62.8 Å². The average molecular weight is 271 g/mol. The zero-order valence-corrected chi connectivity index (χ0v) is 11.7. The Morgan fingerprint density at radius 3 is 1.05 bits per heavy atom. The van der Waals surface area contributed by atoms with Gasteiger partial charge in [0.2, 0.25) is 0 Å². The molecule has 6 atom stereocenters. The Bertz CT molecular complexity index is 196. The van der Waals surface area contributed by atoms with Crippen LogP contribution in [-0.2, 0) is 0 Å². The molecule has 0 aromatic heterocycles. The number of rotatable bonds is 1. The molecule has 0 amide bonds. The van der Waals surface area contributed by atoms with E-state index in [9.17, 15) is 0 Å². The van der Waals surface area contributed by atoms with Gasteiger partial charge in [0, 0.05) is 0 Å². The van der Waals surface area contributed by atoms with Crippen molar-refractivity contribution in [1.82, 2.24) is 0 Å². The van der Waals surface area contributed by atoms with Crippen LogP contribution in [0.5, 0.6) is 0 Å². The quantitative estimate of drug-likeness (QED) is 0.479. The summed E-state index contributed by atoms with van der Waals surface area (Å²) in [5.41, 5.74) is 0. The van der Waals surface area contributed by atoms with Crippen molar-refractivity contribution in [3.8, 4) is 0 Å². The van der Waals surface area contributed by atoms with Crippen LogP contribution in [0.2, 0.25) is 0 Å². The highest BCUT2D eigenvalue weighted by molar-refractivity contribution is 4.84. The minimum Gasteiger partial charge on any atom is -0.0776 e. The molecule has 118 valence electrons. The van der Waals surface area contributed by atoms with Crippen LogP contribution in [0.25, 0.3) is 0 Å². The van der Waals surface area contributed by atoms with E-state index in [2.05, 4.69) is 27.7 Å². The summed E-state index contributed by atoms with van der Waals surface area (Å²) >= 11 is 0. The van der Waals surface area contributed by atoms with E-state index in [0.29, 0.717) is 0 Å². The summed E-state index contributed by atoms with van der Waals surface area (Å²) in [5, 5.41) is 0. The average Bonchev–Trinajstić information content (AvgIpc) is 2.26. The molecule has 0 bridgehead atoms. The minimum atomic E-state index is 0. The molecule has 6 unspecified atom stereocenters. The van der Waals surface area contributed by atoms with Crippen LogP contribution in [0.15, 0.2) is 0 Å².